The third kappa shape index (κ3) is 3.67. The molecule has 0 fully saturated rings. The Balaban J connectivity index is 2.43. The minimum atomic E-state index is -3.67. The molecule has 0 saturated carbocycles. The first kappa shape index (κ1) is 17.3. The molecule has 2 unspecified atom stereocenters. The van der Waals surface area contributed by atoms with Crippen LogP contribution in [-0.2, 0) is 9.09 Å². The van der Waals surface area contributed by atoms with E-state index in [9.17, 15) is 18.9 Å². The van der Waals surface area contributed by atoms with E-state index in [-0.39, 0.29) is 23.0 Å². The lowest BCUT2D eigenvalue weighted by molar-refractivity contribution is 0.100. The van der Waals surface area contributed by atoms with Gasteiger partial charge in [0.2, 0.25) is 5.91 Å². The van der Waals surface area contributed by atoms with Gasteiger partial charge in [-0.2, -0.15) is 0 Å². The maximum absolute atomic E-state index is 13.2. The Morgan fingerprint density at radius 3 is 2.26 bits per heavy atom. The smallest absolute Gasteiger partial charge is 0.264 e. The zero-order chi connectivity index (χ0) is 17.0. The Kier molecular flexibility index (Phi) is 5.31. The molecule has 0 aliphatic heterocycles. The number of nitrogens with two attached hydrogens (primary N) is 1. The molecule has 0 bridgehead atoms. The van der Waals surface area contributed by atoms with E-state index in [0.717, 1.165) is 0 Å². The summed E-state index contributed by atoms with van der Waals surface area (Å²) < 4.78 is 31.6. The van der Waals surface area contributed by atoms with Gasteiger partial charge in [-0.05, 0) is 48.9 Å². The minimum absolute atomic E-state index is 0.118. The molecule has 122 valence electrons. The zero-order valence-electron chi connectivity index (χ0n) is 12.5. The fraction of sp³-hybridized carbons (Fsp3) is 0.188. The van der Waals surface area contributed by atoms with Crippen molar-refractivity contribution in [3.63, 3.8) is 0 Å². The molecule has 0 spiro atoms. The Bertz CT molecular complexity index is 731. The lowest BCUT2D eigenvalue weighted by Crippen LogP contribution is -2.16. The number of hydrogen-bond acceptors (Lipinski definition) is 4. The van der Waals surface area contributed by atoms with E-state index in [4.69, 9.17) is 10.3 Å². The SMILES string of the molecule is CCOP(=O)(c1ccc(C(N)=O)cc1)C(O)c1ccc(F)cc1. The monoisotopic (exact) mass is 337 g/mol. The van der Waals surface area contributed by atoms with Crippen LogP contribution in [0.15, 0.2) is 48.5 Å². The second-order valence-electron chi connectivity index (χ2n) is 4.85. The number of amides is 1. The van der Waals surface area contributed by atoms with Gasteiger partial charge < -0.3 is 15.4 Å². The predicted octanol–water partition coefficient (Wildman–Crippen LogP) is 2.56. The summed E-state index contributed by atoms with van der Waals surface area (Å²) in [5, 5.41) is 10.7. The minimum Gasteiger partial charge on any atom is -0.378 e. The van der Waals surface area contributed by atoms with Crippen molar-refractivity contribution in [2.24, 2.45) is 5.73 Å². The topological polar surface area (TPSA) is 89.6 Å². The van der Waals surface area contributed by atoms with Crippen LogP contribution < -0.4 is 11.0 Å². The Morgan fingerprint density at radius 1 is 1.22 bits per heavy atom. The van der Waals surface area contributed by atoms with Crippen molar-refractivity contribution in [2.45, 2.75) is 12.8 Å². The average molecular weight is 337 g/mol. The number of benzene rings is 2. The molecule has 0 aromatic heterocycles. The van der Waals surface area contributed by atoms with Gasteiger partial charge in [-0.3, -0.25) is 9.36 Å². The molecular weight excluding hydrogens is 320 g/mol. The van der Waals surface area contributed by atoms with Crippen LogP contribution in [0.25, 0.3) is 0 Å². The van der Waals surface area contributed by atoms with Gasteiger partial charge in [-0.1, -0.05) is 12.1 Å². The first-order valence-corrected chi connectivity index (χ1v) is 8.66. The number of rotatable bonds is 6. The zero-order valence-corrected chi connectivity index (χ0v) is 13.4. The lowest BCUT2D eigenvalue weighted by Gasteiger charge is -2.24. The molecular formula is C16H17FNO4P. The quantitative estimate of drug-likeness (QED) is 0.793. The lowest BCUT2D eigenvalue weighted by atomic mass is 10.2. The van der Waals surface area contributed by atoms with Crippen molar-refractivity contribution < 1.29 is 23.4 Å². The summed E-state index contributed by atoms with van der Waals surface area (Å²) in [6, 6.07) is 10.7. The maximum Gasteiger partial charge on any atom is 0.264 e. The predicted molar refractivity (Wildman–Crippen MR) is 85.2 cm³/mol. The van der Waals surface area contributed by atoms with Crippen molar-refractivity contribution in [1.82, 2.24) is 0 Å². The van der Waals surface area contributed by atoms with Crippen LogP contribution in [0.1, 0.15) is 28.7 Å². The second kappa shape index (κ2) is 7.04. The number of carbonyl (C=O) groups excluding carboxylic acids is 1. The van der Waals surface area contributed by atoms with Crippen molar-refractivity contribution in [3.8, 4) is 0 Å². The fourth-order valence-electron chi connectivity index (χ4n) is 2.14. The summed E-state index contributed by atoms with van der Waals surface area (Å²) in [4.78, 5) is 11.1. The van der Waals surface area contributed by atoms with Gasteiger partial charge in [0.25, 0.3) is 7.37 Å². The van der Waals surface area contributed by atoms with Crippen molar-refractivity contribution in [1.29, 1.82) is 0 Å². The Hall–Kier alpha value is -2.01. The van der Waals surface area contributed by atoms with Gasteiger partial charge >= 0.3 is 0 Å². The van der Waals surface area contributed by atoms with Gasteiger partial charge in [0, 0.05) is 10.9 Å². The number of halogens is 1. The second-order valence-corrected chi connectivity index (χ2v) is 7.31. The number of hydrogen-bond donors (Lipinski definition) is 2. The number of carbonyl (C=O) groups is 1. The molecule has 0 radical (unpaired) electrons. The van der Waals surface area contributed by atoms with Gasteiger partial charge in [-0.15, -0.1) is 0 Å². The molecule has 2 aromatic carbocycles. The van der Waals surface area contributed by atoms with E-state index in [2.05, 4.69) is 0 Å². The van der Waals surface area contributed by atoms with E-state index in [0.29, 0.717) is 0 Å². The van der Waals surface area contributed by atoms with E-state index in [1.54, 1.807) is 6.92 Å². The summed E-state index contributed by atoms with van der Waals surface area (Å²) >= 11 is 0. The highest BCUT2D eigenvalue weighted by Crippen LogP contribution is 2.57. The van der Waals surface area contributed by atoms with Crippen LogP contribution in [0.4, 0.5) is 4.39 Å². The molecule has 7 heteroatoms. The van der Waals surface area contributed by atoms with Crippen LogP contribution in [0.3, 0.4) is 0 Å². The van der Waals surface area contributed by atoms with Crippen molar-refractivity contribution in [2.75, 3.05) is 6.61 Å². The number of aliphatic hydroxyl groups excluding tert-OH is 1. The molecule has 23 heavy (non-hydrogen) atoms. The fourth-order valence-corrected chi connectivity index (χ4v) is 4.23. The molecule has 0 heterocycles. The van der Waals surface area contributed by atoms with Gasteiger partial charge in [0.1, 0.15) is 5.82 Å². The van der Waals surface area contributed by atoms with Crippen LogP contribution in [0.2, 0.25) is 0 Å². The summed E-state index contributed by atoms with van der Waals surface area (Å²) in [7, 11) is -3.67. The molecule has 2 rings (SSSR count). The Morgan fingerprint density at radius 2 is 1.78 bits per heavy atom. The largest absolute Gasteiger partial charge is 0.378 e. The highest BCUT2D eigenvalue weighted by molar-refractivity contribution is 7.67. The highest BCUT2D eigenvalue weighted by Gasteiger charge is 2.36. The van der Waals surface area contributed by atoms with Gasteiger partial charge in [0.15, 0.2) is 5.85 Å². The highest BCUT2D eigenvalue weighted by atomic mass is 31.2. The van der Waals surface area contributed by atoms with Crippen LogP contribution >= 0.6 is 7.37 Å². The number of aliphatic hydroxyl groups is 1. The molecule has 1 amide bonds. The van der Waals surface area contributed by atoms with E-state index >= 15 is 0 Å². The average Bonchev–Trinajstić information content (AvgIpc) is 2.55. The van der Waals surface area contributed by atoms with E-state index in [1.807, 2.05) is 0 Å². The standard InChI is InChI=1S/C16H17FNO4P/c1-2-22-23(21,14-9-5-11(6-10-14)15(18)19)16(20)12-3-7-13(17)8-4-12/h3-10,16,20H,2H2,1H3,(H2,18,19). The van der Waals surface area contributed by atoms with Crippen LogP contribution in [0.5, 0.6) is 0 Å². The van der Waals surface area contributed by atoms with E-state index < -0.39 is 24.9 Å². The molecule has 3 N–H and O–H groups in total. The van der Waals surface area contributed by atoms with Crippen LogP contribution in [0, 0.1) is 5.82 Å². The summed E-state index contributed by atoms with van der Waals surface area (Å²) in [6.07, 6.45) is 0. The molecule has 0 aliphatic rings. The maximum atomic E-state index is 13.2. The van der Waals surface area contributed by atoms with E-state index in [1.165, 1.54) is 48.5 Å². The van der Waals surface area contributed by atoms with Gasteiger partial charge in [-0.25, -0.2) is 4.39 Å². The molecule has 0 aliphatic carbocycles. The third-order valence-corrected chi connectivity index (χ3v) is 5.92. The summed E-state index contributed by atoms with van der Waals surface area (Å²) in [5.74, 6) is -2.51. The molecule has 5 nitrogen and oxygen atoms in total. The summed E-state index contributed by atoms with van der Waals surface area (Å²) in [5.41, 5.74) is 5.71. The van der Waals surface area contributed by atoms with Crippen LogP contribution in [-0.4, -0.2) is 17.6 Å². The van der Waals surface area contributed by atoms with Crippen molar-refractivity contribution in [3.05, 3.63) is 65.5 Å². The molecule has 2 atom stereocenters. The third-order valence-electron chi connectivity index (χ3n) is 3.32. The molecule has 2 aromatic rings. The first-order valence-electron chi connectivity index (χ1n) is 6.96. The normalized spacial score (nSPS) is 14.9. The van der Waals surface area contributed by atoms with Gasteiger partial charge in [0.05, 0.1) is 6.61 Å². The number of primary amides is 1. The molecule has 0 saturated heterocycles. The first-order chi connectivity index (χ1) is 10.9. The summed E-state index contributed by atoms with van der Waals surface area (Å²) in [6.45, 7) is 1.77. The van der Waals surface area contributed by atoms with Crippen molar-refractivity contribution >= 4 is 18.6 Å². The Labute approximate surface area is 133 Å².